The zero-order valence-electron chi connectivity index (χ0n) is 11.9. The highest BCUT2D eigenvalue weighted by Crippen LogP contribution is 2.22. The van der Waals surface area contributed by atoms with E-state index >= 15 is 0 Å². The second kappa shape index (κ2) is 4.96. The summed E-state index contributed by atoms with van der Waals surface area (Å²) in [6.07, 6.45) is 5.22. The highest BCUT2D eigenvalue weighted by Gasteiger charge is 2.11. The Labute approximate surface area is 126 Å². The van der Waals surface area contributed by atoms with Crippen molar-refractivity contribution in [3.8, 4) is 11.3 Å². The lowest BCUT2D eigenvalue weighted by molar-refractivity contribution is 0.775. The van der Waals surface area contributed by atoms with Crippen molar-refractivity contribution in [2.45, 2.75) is 0 Å². The van der Waals surface area contributed by atoms with E-state index in [1.54, 1.807) is 27.8 Å². The lowest BCUT2D eigenvalue weighted by Crippen LogP contribution is -2.00. The molecule has 22 heavy (non-hydrogen) atoms. The molecule has 108 valence electrons. The average molecular weight is 291 g/mol. The molecule has 3 aromatic heterocycles. The van der Waals surface area contributed by atoms with Crippen molar-refractivity contribution in [1.82, 2.24) is 29.4 Å². The topological polar surface area (TPSA) is 72.9 Å². The maximum absolute atomic E-state index is 4.54. The Bertz CT molecular complexity index is 923. The SMILES string of the molecule is Cn1nccc1Nc1nc2c(-c3ccccc3)nccn2n1. The third-order valence-corrected chi connectivity index (χ3v) is 3.36. The van der Waals surface area contributed by atoms with Crippen molar-refractivity contribution in [2.24, 2.45) is 7.05 Å². The summed E-state index contributed by atoms with van der Waals surface area (Å²) < 4.78 is 3.44. The van der Waals surface area contributed by atoms with Gasteiger partial charge in [0.25, 0.3) is 0 Å². The van der Waals surface area contributed by atoms with Gasteiger partial charge < -0.3 is 5.32 Å². The molecule has 1 N–H and O–H groups in total. The lowest BCUT2D eigenvalue weighted by atomic mass is 10.1. The van der Waals surface area contributed by atoms with Gasteiger partial charge in [0.1, 0.15) is 11.5 Å². The molecule has 0 aliphatic rings. The van der Waals surface area contributed by atoms with Crippen LogP contribution in [0.1, 0.15) is 0 Å². The molecule has 0 radical (unpaired) electrons. The van der Waals surface area contributed by atoms with Crippen LogP contribution in [0.15, 0.2) is 55.0 Å². The van der Waals surface area contributed by atoms with E-state index in [2.05, 4.69) is 25.5 Å². The molecule has 3 heterocycles. The van der Waals surface area contributed by atoms with Crippen molar-refractivity contribution in [3.05, 3.63) is 55.0 Å². The van der Waals surface area contributed by atoms with Crippen LogP contribution in [0.25, 0.3) is 16.9 Å². The Balaban J connectivity index is 1.80. The average Bonchev–Trinajstić information content (AvgIpc) is 3.14. The molecule has 0 spiro atoms. The van der Waals surface area contributed by atoms with Crippen LogP contribution in [0.2, 0.25) is 0 Å². The number of hydrogen-bond acceptors (Lipinski definition) is 5. The van der Waals surface area contributed by atoms with Gasteiger partial charge in [-0.1, -0.05) is 30.3 Å². The minimum absolute atomic E-state index is 0.508. The van der Waals surface area contributed by atoms with E-state index in [-0.39, 0.29) is 0 Å². The van der Waals surface area contributed by atoms with Crippen LogP contribution in [0.4, 0.5) is 11.8 Å². The van der Waals surface area contributed by atoms with Crippen molar-refractivity contribution in [1.29, 1.82) is 0 Å². The molecule has 0 amide bonds. The standard InChI is InChI=1S/C15H13N7/c1-21-12(7-8-17-21)18-15-19-14-13(11-5-3-2-4-6-11)16-9-10-22(14)20-15/h2-10H,1H3,(H,18,20). The van der Waals surface area contributed by atoms with Gasteiger partial charge in [0.2, 0.25) is 5.95 Å². The maximum Gasteiger partial charge on any atom is 0.248 e. The Morgan fingerprint density at radius 2 is 1.91 bits per heavy atom. The molecule has 1 aromatic carbocycles. The van der Waals surface area contributed by atoms with Crippen LogP contribution in [0.3, 0.4) is 0 Å². The molecular formula is C15H13N7. The van der Waals surface area contributed by atoms with E-state index in [0.29, 0.717) is 11.6 Å². The van der Waals surface area contributed by atoms with Gasteiger partial charge in [-0.3, -0.25) is 9.67 Å². The molecule has 0 saturated carbocycles. The normalized spacial score (nSPS) is 11.0. The minimum Gasteiger partial charge on any atom is -0.308 e. The van der Waals surface area contributed by atoms with E-state index < -0.39 is 0 Å². The Hall–Kier alpha value is -3.22. The number of rotatable bonds is 3. The molecule has 0 saturated heterocycles. The quantitative estimate of drug-likeness (QED) is 0.627. The van der Waals surface area contributed by atoms with Crippen LogP contribution in [-0.4, -0.2) is 29.4 Å². The molecule has 0 aliphatic heterocycles. The van der Waals surface area contributed by atoms with Crippen molar-refractivity contribution in [3.63, 3.8) is 0 Å². The van der Waals surface area contributed by atoms with E-state index in [4.69, 9.17) is 0 Å². The third kappa shape index (κ3) is 2.08. The van der Waals surface area contributed by atoms with Crippen LogP contribution in [0.5, 0.6) is 0 Å². The zero-order valence-corrected chi connectivity index (χ0v) is 11.9. The molecule has 0 bridgehead atoms. The number of fused-ring (bicyclic) bond motifs is 1. The van der Waals surface area contributed by atoms with E-state index in [0.717, 1.165) is 17.1 Å². The fourth-order valence-electron chi connectivity index (χ4n) is 2.28. The van der Waals surface area contributed by atoms with Crippen LogP contribution < -0.4 is 5.32 Å². The summed E-state index contributed by atoms with van der Waals surface area (Å²) in [5.41, 5.74) is 2.51. The molecule has 0 atom stereocenters. The second-order valence-electron chi connectivity index (χ2n) is 4.81. The van der Waals surface area contributed by atoms with Crippen LogP contribution in [-0.2, 0) is 7.05 Å². The predicted molar refractivity (Wildman–Crippen MR) is 82.7 cm³/mol. The summed E-state index contributed by atoms with van der Waals surface area (Å²) in [7, 11) is 1.86. The molecule has 0 aliphatic carbocycles. The second-order valence-corrected chi connectivity index (χ2v) is 4.81. The number of nitrogens with one attached hydrogen (secondary N) is 1. The minimum atomic E-state index is 0.508. The lowest BCUT2D eigenvalue weighted by Gasteiger charge is -2.00. The highest BCUT2D eigenvalue weighted by atomic mass is 15.4. The number of benzene rings is 1. The fourth-order valence-corrected chi connectivity index (χ4v) is 2.28. The highest BCUT2D eigenvalue weighted by molar-refractivity contribution is 5.74. The number of anilines is 2. The first-order valence-electron chi connectivity index (χ1n) is 6.83. The Morgan fingerprint density at radius 3 is 2.68 bits per heavy atom. The van der Waals surface area contributed by atoms with Crippen molar-refractivity contribution < 1.29 is 0 Å². The van der Waals surface area contributed by atoms with Gasteiger partial charge >= 0.3 is 0 Å². The summed E-state index contributed by atoms with van der Waals surface area (Å²) in [6, 6.07) is 11.8. The Morgan fingerprint density at radius 1 is 1.05 bits per heavy atom. The largest absolute Gasteiger partial charge is 0.308 e. The predicted octanol–water partition coefficient (Wildman–Crippen LogP) is 2.27. The number of hydrogen-bond donors (Lipinski definition) is 1. The number of aryl methyl sites for hydroxylation is 1. The first-order chi connectivity index (χ1) is 10.8. The first-order valence-corrected chi connectivity index (χ1v) is 6.83. The summed E-state index contributed by atoms with van der Waals surface area (Å²) in [6.45, 7) is 0. The smallest absolute Gasteiger partial charge is 0.248 e. The van der Waals surface area contributed by atoms with Crippen molar-refractivity contribution in [2.75, 3.05) is 5.32 Å². The summed E-state index contributed by atoms with van der Waals surface area (Å²) in [5, 5.41) is 11.7. The maximum atomic E-state index is 4.54. The molecule has 4 rings (SSSR count). The van der Waals surface area contributed by atoms with Crippen molar-refractivity contribution >= 4 is 17.4 Å². The van der Waals surface area contributed by atoms with Gasteiger partial charge in [-0.05, 0) is 0 Å². The van der Waals surface area contributed by atoms with Crippen LogP contribution >= 0.6 is 0 Å². The summed E-state index contributed by atoms with van der Waals surface area (Å²) in [4.78, 5) is 8.98. The summed E-state index contributed by atoms with van der Waals surface area (Å²) in [5.74, 6) is 1.33. The monoisotopic (exact) mass is 291 g/mol. The van der Waals surface area contributed by atoms with Crippen LogP contribution in [0, 0.1) is 0 Å². The van der Waals surface area contributed by atoms with Gasteiger partial charge in [-0.2, -0.15) is 10.1 Å². The number of nitrogens with zero attached hydrogens (tertiary/aromatic N) is 6. The van der Waals surface area contributed by atoms with Gasteiger partial charge in [0.05, 0.1) is 6.20 Å². The van der Waals surface area contributed by atoms with Gasteiger partial charge in [0, 0.05) is 31.1 Å². The first kappa shape index (κ1) is 12.5. The van der Waals surface area contributed by atoms with E-state index in [1.807, 2.05) is 43.4 Å². The number of aromatic nitrogens is 6. The molecule has 4 aromatic rings. The van der Waals surface area contributed by atoms with Gasteiger partial charge in [-0.15, -0.1) is 5.10 Å². The van der Waals surface area contributed by atoms with Gasteiger partial charge in [-0.25, -0.2) is 4.52 Å². The Kier molecular flexibility index (Phi) is 2.82. The molecule has 7 heteroatoms. The molecular weight excluding hydrogens is 278 g/mol. The zero-order chi connectivity index (χ0) is 14.9. The fraction of sp³-hybridized carbons (Fsp3) is 0.0667. The van der Waals surface area contributed by atoms with Gasteiger partial charge in [0.15, 0.2) is 5.65 Å². The molecule has 7 nitrogen and oxygen atoms in total. The summed E-state index contributed by atoms with van der Waals surface area (Å²) >= 11 is 0. The molecule has 0 fully saturated rings. The van der Waals surface area contributed by atoms with E-state index in [1.165, 1.54) is 0 Å². The third-order valence-electron chi connectivity index (χ3n) is 3.36. The molecule has 0 unspecified atom stereocenters. The van der Waals surface area contributed by atoms with E-state index in [9.17, 15) is 0 Å².